The third kappa shape index (κ3) is 4.32. The van der Waals surface area contributed by atoms with Crippen LogP contribution in [0.15, 0.2) is 40.9 Å². The van der Waals surface area contributed by atoms with E-state index in [-0.39, 0.29) is 17.1 Å². The van der Waals surface area contributed by atoms with E-state index >= 15 is 0 Å². The average molecular weight is 257 g/mol. The second-order valence-electron chi connectivity index (χ2n) is 3.41. The second kappa shape index (κ2) is 7.16. The van der Waals surface area contributed by atoms with E-state index in [1.54, 1.807) is 0 Å². The van der Waals surface area contributed by atoms with Gasteiger partial charge in [0, 0.05) is 5.69 Å². The Kier molecular flexibility index (Phi) is 5.50. The molecule has 4 nitrogen and oxygen atoms in total. The van der Waals surface area contributed by atoms with E-state index in [4.69, 9.17) is 10.5 Å². The molecule has 18 heavy (non-hydrogen) atoms. The number of ketones is 1. The van der Waals surface area contributed by atoms with Gasteiger partial charge in [0.2, 0.25) is 0 Å². The molecule has 0 aliphatic rings. The summed E-state index contributed by atoms with van der Waals surface area (Å²) in [6, 6.07) is 12.8. The lowest BCUT2D eigenvalue weighted by atomic mass is 10.3. The van der Waals surface area contributed by atoms with E-state index in [1.165, 1.54) is 6.92 Å². The van der Waals surface area contributed by atoms with Gasteiger partial charge in [0.05, 0.1) is 5.75 Å². The minimum Gasteiger partial charge on any atom is -0.349 e. The van der Waals surface area contributed by atoms with Gasteiger partial charge in [0.1, 0.15) is 23.0 Å². The van der Waals surface area contributed by atoms with E-state index in [2.05, 4.69) is 5.32 Å². The Morgan fingerprint density at radius 3 is 2.39 bits per heavy atom. The van der Waals surface area contributed by atoms with Crippen LogP contribution in [0.2, 0.25) is 0 Å². The van der Waals surface area contributed by atoms with Gasteiger partial charge in [-0.3, -0.25) is 4.79 Å². The first-order valence-corrected chi connectivity index (χ1v) is 6.14. The predicted octanol–water partition coefficient (Wildman–Crippen LogP) is 2.68. The van der Waals surface area contributed by atoms with Crippen LogP contribution in [0.25, 0.3) is 0 Å². The first-order chi connectivity index (χ1) is 8.67. The SMILES string of the molecule is CC(=O)CSC(Nc1ccccc1)=C(C#N)C#N. The van der Waals surface area contributed by atoms with Crippen molar-refractivity contribution in [3.05, 3.63) is 40.9 Å². The molecule has 1 rings (SSSR count). The summed E-state index contributed by atoms with van der Waals surface area (Å²) in [5.74, 6) is 0.213. The van der Waals surface area contributed by atoms with Crippen LogP contribution in [-0.4, -0.2) is 11.5 Å². The molecule has 0 saturated carbocycles. The molecule has 1 aromatic rings. The van der Waals surface area contributed by atoms with Gasteiger partial charge in [-0.25, -0.2) is 0 Å². The molecular formula is C13H11N3OS. The second-order valence-corrected chi connectivity index (χ2v) is 4.40. The normalized spacial score (nSPS) is 8.83. The highest BCUT2D eigenvalue weighted by Crippen LogP contribution is 2.22. The number of rotatable bonds is 5. The molecule has 0 radical (unpaired) electrons. The Hall–Kier alpha value is -2.24. The molecule has 1 aromatic carbocycles. The lowest BCUT2D eigenvalue weighted by Crippen LogP contribution is -2.03. The summed E-state index contributed by atoms with van der Waals surface area (Å²) in [6.07, 6.45) is 0. The summed E-state index contributed by atoms with van der Waals surface area (Å²) >= 11 is 1.16. The number of carbonyl (C=O) groups excluding carboxylic acids is 1. The van der Waals surface area contributed by atoms with E-state index in [1.807, 2.05) is 42.5 Å². The van der Waals surface area contributed by atoms with Gasteiger partial charge in [0.25, 0.3) is 0 Å². The zero-order chi connectivity index (χ0) is 13.4. The Bertz CT molecular complexity index is 522. The van der Waals surface area contributed by atoms with Crippen molar-refractivity contribution in [2.75, 3.05) is 11.1 Å². The van der Waals surface area contributed by atoms with Crippen LogP contribution in [0.1, 0.15) is 6.92 Å². The fourth-order valence-corrected chi connectivity index (χ4v) is 1.90. The molecule has 0 aliphatic heterocycles. The average Bonchev–Trinajstić information content (AvgIpc) is 2.38. The monoisotopic (exact) mass is 257 g/mol. The zero-order valence-corrected chi connectivity index (χ0v) is 10.6. The maximum Gasteiger partial charge on any atom is 0.159 e. The van der Waals surface area contributed by atoms with E-state index in [0.717, 1.165) is 17.4 Å². The van der Waals surface area contributed by atoms with Crippen molar-refractivity contribution in [3.63, 3.8) is 0 Å². The number of anilines is 1. The van der Waals surface area contributed by atoms with Crippen molar-refractivity contribution in [1.82, 2.24) is 0 Å². The van der Waals surface area contributed by atoms with Gasteiger partial charge in [-0.2, -0.15) is 10.5 Å². The number of hydrogen-bond acceptors (Lipinski definition) is 5. The van der Waals surface area contributed by atoms with Crippen LogP contribution in [0.4, 0.5) is 5.69 Å². The van der Waals surface area contributed by atoms with Crippen LogP contribution < -0.4 is 5.32 Å². The molecular weight excluding hydrogens is 246 g/mol. The fraction of sp³-hybridized carbons (Fsp3) is 0.154. The highest BCUT2D eigenvalue weighted by Gasteiger charge is 2.08. The molecule has 0 bridgehead atoms. The zero-order valence-electron chi connectivity index (χ0n) is 9.80. The summed E-state index contributed by atoms with van der Waals surface area (Å²) in [5, 5.41) is 21.1. The summed E-state index contributed by atoms with van der Waals surface area (Å²) in [4.78, 5) is 11.0. The molecule has 0 aliphatic carbocycles. The number of thioether (sulfide) groups is 1. The summed E-state index contributed by atoms with van der Waals surface area (Å²) in [6.45, 7) is 1.46. The molecule has 0 unspecified atom stereocenters. The third-order valence-electron chi connectivity index (χ3n) is 1.90. The molecule has 0 spiro atoms. The summed E-state index contributed by atoms with van der Waals surface area (Å²) in [7, 11) is 0. The smallest absolute Gasteiger partial charge is 0.159 e. The summed E-state index contributed by atoms with van der Waals surface area (Å²) < 4.78 is 0. The topological polar surface area (TPSA) is 76.7 Å². The highest BCUT2D eigenvalue weighted by atomic mass is 32.2. The minimum absolute atomic E-state index is 0.0115. The standard InChI is InChI=1S/C13H11N3OS/c1-10(17)9-18-13(11(7-14)8-15)16-12-5-3-2-4-6-12/h2-6,16H,9H2,1H3. The first kappa shape index (κ1) is 13.8. The van der Waals surface area contributed by atoms with Crippen LogP contribution in [-0.2, 0) is 4.79 Å². The molecule has 0 amide bonds. The Morgan fingerprint density at radius 2 is 1.89 bits per heavy atom. The first-order valence-electron chi connectivity index (χ1n) is 5.16. The van der Waals surface area contributed by atoms with Gasteiger partial charge < -0.3 is 5.32 Å². The molecule has 0 heterocycles. The van der Waals surface area contributed by atoms with Crippen LogP contribution in [0.5, 0.6) is 0 Å². The van der Waals surface area contributed by atoms with E-state index in [9.17, 15) is 4.79 Å². The third-order valence-corrected chi connectivity index (χ3v) is 3.05. The van der Waals surface area contributed by atoms with Gasteiger partial charge in [-0.15, -0.1) is 0 Å². The Labute approximate surface area is 110 Å². The number of nitriles is 2. The largest absolute Gasteiger partial charge is 0.349 e. The van der Waals surface area contributed by atoms with Crippen LogP contribution >= 0.6 is 11.8 Å². The number of hydrogen-bond donors (Lipinski definition) is 1. The van der Waals surface area contributed by atoms with Gasteiger partial charge in [-0.1, -0.05) is 30.0 Å². The number of nitrogens with zero attached hydrogens (tertiary/aromatic N) is 2. The quantitative estimate of drug-likeness (QED) is 0.820. The van der Waals surface area contributed by atoms with E-state index in [0.29, 0.717) is 5.03 Å². The minimum atomic E-state index is -0.0231. The molecule has 1 N–H and O–H groups in total. The molecule has 0 aromatic heterocycles. The molecule has 90 valence electrons. The predicted molar refractivity (Wildman–Crippen MR) is 71.5 cm³/mol. The fourth-order valence-electron chi connectivity index (χ4n) is 1.12. The molecule has 5 heteroatoms. The maximum atomic E-state index is 11.0. The Balaban J connectivity index is 2.93. The van der Waals surface area contributed by atoms with E-state index < -0.39 is 0 Å². The number of carbonyl (C=O) groups is 1. The van der Waals surface area contributed by atoms with Crippen molar-refractivity contribution in [1.29, 1.82) is 10.5 Å². The van der Waals surface area contributed by atoms with Crippen molar-refractivity contribution in [3.8, 4) is 12.1 Å². The molecule has 0 atom stereocenters. The van der Waals surface area contributed by atoms with Crippen molar-refractivity contribution >= 4 is 23.2 Å². The lowest BCUT2D eigenvalue weighted by Gasteiger charge is -2.09. The number of benzene rings is 1. The van der Waals surface area contributed by atoms with Gasteiger partial charge in [-0.05, 0) is 19.1 Å². The van der Waals surface area contributed by atoms with Crippen molar-refractivity contribution in [2.45, 2.75) is 6.92 Å². The highest BCUT2D eigenvalue weighted by molar-refractivity contribution is 8.03. The van der Waals surface area contributed by atoms with Crippen LogP contribution in [0.3, 0.4) is 0 Å². The number of para-hydroxylation sites is 1. The lowest BCUT2D eigenvalue weighted by molar-refractivity contribution is -0.114. The maximum absolute atomic E-state index is 11.0. The number of nitrogens with one attached hydrogen (secondary N) is 1. The Morgan fingerprint density at radius 1 is 1.28 bits per heavy atom. The number of allylic oxidation sites excluding steroid dienone is 1. The van der Waals surface area contributed by atoms with Gasteiger partial charge in [0.15, 0.2) is 5.57 Å². The van der Waals surface area contributed by atoms with Crippen LogP contribution in [0, 0.1) is 22.7 Å². The van der Waals surface area contributed by atoms with Crippen molar-refractivity contribution in [2.24, 2.45) is 0 Å². The van der Waals surface area contributed by atoms with Crippen molar-refractivity contribution < 1.29 is 4.79 Å². The van der Waals surface area contributed by atoms with Gasteiger partial charge >= 0.3 is 0 Å². The molecule has 0 fully saturated rings. The summed E-state index contributed by atoms with van der Waals surface area (Å²) in [5.41, 5.74) is 0.747. The molecule has 0 saturated heterocycles. The number of Topliss-reactive ketones (excluding diaryl/α,β-unsaturated/α-hetero) is 1.